The van der Waals surface area contributed by atoms with Crippen LogP contribution in [0.1, 0.15) is 17.0 Å². The number of fused-ring (bicyclic) bond motifs is 2. The van der Waals surface area contributed by atoms with Crippen LogP contribution in [0.5, 0.6) is 17.2 Å². The van der Waals surface area contributed by atoms with Gasteiger partial charge in [0.15, 0.2) is 23.0 Å². The van der Waals surface area contributed by atoms with E-state index >= 15 is 0 Å². The highest BCUT2D eigenvalue weighted by molar-refractivity contribution is 5.66. The minimum Gasteiger partial charge on any atom is -0.492 e. The zero-order valence-corrected chi connectivity index (χ0v) is 18.3. The molecule has 7 nitrogen and oxygen atoms in total. The van der Waals surface area contributed by atoms with Crippen molar-refractivity contribution in [2.45, 2.75) is 13.3 Å². The lowest BCUT2D eigenvalue weighted by molar-refractivity contribution is 0.171. The number of likely N-dealkylation sites (N-methyl/N-ethyl adjacent to an activating group) is 1. The van der Waals surface area contributed by atoms with Crippen LogP contribution < -0.4 is 19.5 Å². The van der Waals surface area contributed by atoms with Gasteiger partial charge in [-0.2, -0.15) is 5.10 Å². The van der Waals surface area contributed by atoms with Crippen molar-refractivity contribution in [1.29, 1.82) is 0 Å². The van der Waals surface area contributed by atoms with Crippen LogP contribution in [0.3, 0.4) is 0 Å². The van der Waals surface area contributed by atoms with E-state index in [4.69, 9.17) is 24.3 Å². The number of hydrogen-bond acceptors (Lipinski definition) is 6. The molecule has 0 saturated carbocycles. The Morgan fingerprint density at radius 2 is 1.91 bits per heavy atom. The molecular formula is C25H26N4O3. The van der Waals surface area contributed by atoms with E-state index in [1.807, 2.05) is 54.0 Å². The van der Waals surface area contributed by atoms with Gasteiger partial charge in [-0.3, -0.25) is 0 Å². The van der Waals surface area contributed by atoms with E-state index in [0.29, 0.717) is 26.2 Å². The molecule has 2 aromatic carbocycles. The molecular weight excluding hydrogens is 404 g/mol. The quantitative estimate of drug-likeness (QED) is 0.451. The van der Waals surface area contributed by atoms with Crippen LogP contribution in [-0.2, 0) is 6.42 Å². The van der Waals surface area contributed by atoms with E-state index in [-0.39, 0.29) is 0 Å². The molecule has 164 valence electrons. The Hall–Kier alpha value is -3.58. The Morgan fingerprint density at radius 3 is 2.75 bits per heavy atom. The van der Waals surface area contributed by atoms with Gasteiger partial charge in [-0.25, -0.2) is 9.50 Å². The second kappa shape index (κ2) is 8.88. The highest BCUT2D eigenvalue weighted by Crippen LogP contribution is 2.34. The van der Waals surface area contributed by atoms with Gasteiger partial charge in [-0.1, -0.05) is 18.2 Å². The number of rotatable bonds is 7. The molecule has 0 spiro atoms. The van der Waals surface area contributed by atoms with Gasteiger partial charge in [0, 0.05) is 18.5 Å². The molecule has 1 aliphatic heterocycles. The number of aromatic nitrogens is 3. The normalized spacial score (nSPS) is 12.8. The topological polar surface area (TPSA) is 69.9 Å². The molecule has 1 aliphatic rings. The molecule has 1 N–H and O–H groups in total. The molecule has 0 atom stereocenters. The predicted octanol–water partition coefficient (Wildman–Crippen LogP) is 3.66. The number of pyridine rings is 1. The predicted molar refractivity (Wildman–Crippen MR) is 123 cm³/mol. The van der Waals surface area contributed by atoms with Gasteiger partial charge >= 0.3 is 0 Å². The summed E-state index contributed by atoms with van der Waals surface area (Å²) in [6, 6.07) is 18.2. The van der Waals surface area contributed by atoms with Gasteiger partial charge < -0.3 is 19.5 Å². The van der Waals surface area contributed by atoms with Crippen LogP contribution in [0.2, 0.25) is 0 Å². The van der Waals surface area contributed by atoms with Gasteiger partial charge in [0.2, 0.25) is 0 Å². The van der Waals surface area contributed by atoms with Crippen LogP contribution in [0.15, 0.2) is 54.6 Å². The highest BCUT2D eigenvalue weighted by Gasteiger charge is 2.15. The molecule has 2 aromatic heterocycles. The maximum absolute atomic E-state index is 5.82. The molecule has 3 heterocycles. The SMILES string of the molecule is CNCCOc1ccc(Cc2nc3cccc(-c4ccc5c(c4)OCCO5)n3n2)cc1C. The van der Waals surface area contributed by atoms with Crippen LogP contribution >= 0.6 is 0 Å². The van der Waals surface area contributed by atoms with Gasteiger partial charge in [0.25, 0.3) is 0 Å². The van der Waals surface area contributed by atoms with Crippen molar-refractivity contribution in [1.82, 2.24) is 19.9 Å². The summed E-state index contributed by atoms with van der Waals surface area (Å²) in [5.41, 5.74) is 5.05. The number of benzene rings is 2. The second-order valence-corrected chi connectivity index (χ2v) is 7.80. The summed E-state index contributed by atoms with van der Waals surface area (Å²) in [6.45, 7) is 4.67. The number of nitrogens with zero attached hydrogens (tertiary/aromatic N) is 3. The Bertz CT molecular complexity index is 1250. The standard InChI is InChI=1S/C25H26N4O3/c1-17-14-18(6-8-21(17)30-11-10-26-2)15-24-27-25-5-3-4-20(29(25)28-24)19-7-9-22-23(16-19)32-13-12-31-22/h3-9,14,16,26H,10-13,15H2,1-2H3. The molecule has 0 amide bonds. The first-order valence-corrected chi connectivity index (χ1v) is 10.8. The lowest BCUT2D eigenvalue weighted by Crippen LogP contribution is -2.16. The van der Waals surface area contributed by atoms with E-state index in [2.05, 4.69) is 24.4 Å². The average Bonchev–Trinajstić information content (AvgIpc) is 3.23. The fraction of sp³-hybridized carbons (Fsp3) is 0.280. The van der Waals surface area contributed by atoms with Crippen molar-refractivity contribution in [2.24, 2.45) is 0 Å². The smallest absolute Gasteiger partial charge is 0.162 e. The van der Waals surface area contributed by atoms with Crippen molar-refractivity contribution >= 4 is 5.65 Å². The molecule has 32 heavy (non-hydrogen) atoms. The fourth-order valence-electron chi connectivity index (χ4n) is 3.87. The van der Waals surface area contributed by atoms with Crippen molar-refractivity contribution in [3.05, 3.63) is 71.5 Å². The lowest BCUT2D eigenvalue weighted by Gasteiger charge is -2.19. The fourth-order valence-corrected chi connectivity index (χ4v) is 3.87. The third kappa shape index (κ3) is 4.11. The van der Waals surface area contributed by atoms with Crippen molar-refractivity contribution in [2.75, 3.05) is 33.4 Å². The van der Waals surface area contributed by atoms with Crippen LogP contribution in [0.4, 0.5) is 0 Å². The van der Waals surface area contributed by atoms with Crippen LogP contribution in [0.25, 0.3) is 16.9 Å². The molecule has 0 bridgehead atoms. The first kappa shape index (κ1) is 20.3. The molecule has 5 rings (SSSR count). The molecule has 4 aromatic rings. The Labute approximate surface area is 187 Å². The van der Waals surface area contributed by atoms with Crippen LogP contribution in [0, 0.1) is 6.92 Å². The number of aryl methyl sites for hydroxylation is 1. The Balaban J connectivity index is 1.41. The summed E-state index contributed by atoms with van der Waals surface area (Å²) in [5.74, 6) is 3.23. The molecule has 0 saturated heterocycles. The first-order valence-electron chi connectivity index (χ1n) is 10.8. The summed E-state index contributed by atoms with van der Waals surface area (Å²) in [7, 11) is 1.92. The highest BCUT2D eigenvalue weighted by atomic mass is 16.6. The van der Waals surface area contributed by atoms with Crippen molar-refractivity contribution in [3.63, 3.8) is 0 Å². The van der Waals surface area contributed by atoms with E-state index < -0.39 is 0 Å². The van der Waals surface area contributed by atoms with Gasteiger partial charge in [0.05, 0.1) is 5.69 Å². The molecule has 0 unspecified atom stereocenters. The third-order valence-corrected chi connectivity index (χ3v) is 5.45. The number of ether oxygens (including phenoxy) is 3. The molecule has 0 radical (unpaired) electrons. The average molecular weight is 431 g/mol. The van der Waals surface area contributed by atoms with E-state index in [1.54, 1.807) is 0 Å². The monoisotopic (exact) mass is 430 g/mol. The summed E-state index contributed by atoms with van der Waals surface area (Å²) >= 11 is 0. The third-order valence-electron chi connectivity index (χ3n) is 5.45. The van der Waals surface area contributed by atoms with Crippen LogP contribution in [-0.4, -0.2) is 48.0 Å². The summed E-state index contributed by atoms with van der Waals surface area (Å²) in [4.78, 5) is 4.75. The first-order chi connectivity index (χ1) is 15.7. The lowest BCUT2D eigenvalue weighted by atomic mass is 10.1. The van der Waals surface area contributed by atoms with E-state index in [1.165, 1.54) is 0 Å². The largest absolute Gasteiger partial charge is 0.492 e. The minimum atomic E-state index is 0.562. The minimum absolute atomic E-state index is 0.562. The van der Waals surface area contributed by atoms with Crippen molar-refractivity contribution < 1.29 is 14.2 Å². The Kier molecular flexibility index (Phi) is 5.64. The maximum atomic E-state index is 5.82. The Morgan fingerprint density at radius 1 is 1.03 bits per heavy atom. The molecule has 0 fully saturated rings. The van der Waals surface area contributed by atoms with Gasteiger partial charge in [-0.15, -0.1) is 0 Å². The zero-order chi connectivity index (χ0) is 21.9. The van der Waals surface area contributed by atoms with E-state index in [9.17, 15) is 0 Å². The van der Waals surface area contributed by atoms with Crippen molar-refractivity contribution in [3.8, 4) is 28.5 Å². The molecule has 7 heteroatoms. The summed E-state index contributed by atoms with van der Waals surface area (Å²) in [6.07, 6.45) is 0.653. The number of nitrogens with one attached hydrogen (secondary N) is 1. The van der Waals surface area contributed by atoms with E-state index in [0.717, 1.165) is 57.6 Å². The molecule has 0 aliphatic carbocycles. The summed E-state index contributed by atoms with van der Waals surface area (Å²) in [5, 5.41) is 7.89. The van der Waals surface area contributed by atoms with Gasteiger partial charge in [-0.05, 0) is 61.5 Å². The number of hydrogen-bond donors (Lipinski definition) is 1. The maximum Gasteiger partial charge on any atom is 0.162 e. The second-order valence-electron chi connectivity index (χ2n) is 7.80. The zero-order valence-electron chi connectivity index (χ0n) is 18.3. The van der Waals surface area contributed by atoms with Gasteiger partial charge in [0.1, 0.15) is 25.6 Å². The summed E-state index contributed by atoms with van der Waals surface area (Å²) < 4.78 is 19.1.